The maximum atomic E-state index is 12.9. The van der Waals surface area contributed by atoms with Crippen molar-refractivity contribution in [3.8, 4) is 22.3 Å². The van der Waals surface area contributed by atoms with Crippen LogP contribution in [0.5, 0.6) is 0 Å². The highest BCUT2D eigenvalue weighted by molar-refractivity contribution is 6.16. The van der Waals surface area contributed by atoms with E-state index in [1.54, 1.807) is 0 Å². The molecule has 0 atom stereocenters. The molecular formula is C27H18N2O. The second-order valence-corrected chi connectivity index (χ2v) is 7.58. The van der Waals surface area contributed by atoms with Crippen LogP contribution in [0, 0.1) is 0 Å². The van der Waals surface area contributed by atoms with E-state index in [0.29, 0.717) is 5.39 Å². The summed E-state index contributed by atoms with van der Waals surface area (Å²) in [6.07, 6.45) is 0. The average molecular weight is 386 g/mol. The lowest BCUT2D eigenvalue weighted by Crippen LogP contribution is -2.05. The first-order valence-corrected chi connectivity index (χ1v) is 10.0. The molecule has 2 aromatic heterocycles. The molecule has 30 heavy (non-hydrogen) atoms. The van der Waals surface area contributed by atoms with Crippen molar-refractivity contribution in [2.75, 3.05) is 0 Å². The van der Waals surface area contributed by atoms with E-state index in [1.807, 2.05) is 30.3 Å². The number of pyridine rings is 1. The molecule has 6 rings (SSSR count). The Labute approximate surface area is 172 Å². The second-order valence-electron chi connectivity index (χ2n) is 7.58. The van der Waals surface area contributed by atoms with E-state index in [9.17, 15) is 4.79 Å². The van der Waals surface area contributed by atoms with Gasteiger partial charge in [0, 0.05) is 16.3 Å². The maximum absolute atomic E-state index is 12.9. The summed E-state index contributed by atoms with van der Waals surface area (Å²) in [5.41, 5.74) is 7.22. The van der Waals surface area contributed by atoms with Crippen LogP contribution in [0.1, 0.15) is 0 Å². The van der Waals surface area contributed by atoms with Crippen molar-refractivity contribution in [2.45, 2.75) is 0 Å². The van der Waals surface area contributed by atoms with E-state index in [1.165, 1.54) is 11.1 Å². The molecule has 2 N–H and O–H groups in total. The van der Waals surface area contributed by atoms with Crippen molar-refractivity contribution in [3.63, 3.8) is 0 Å². The number of hydrogen-bond donors (Lipinski definition) is 2. The first-order chi connectivity index (χ1) is 14.8. The quantitative estimate of drug-likeness (QED) is 0.351. The molecule has 3 heteroatoms. The number of aromatic amines is 2. The third-order valence-corrected chi connectivity index (χ3v) is 5.77. The van der Waals surface area contributed by atoms with Crippen LogP contribution in [0.2, 0.25) is 0 Å². The van der Waals surface area contributed by atoms with Crippen LogP contribution in [0.15, 0.2) is 102 Å². The second kappa shape index (κ2) is 6.46. The van der Waals surface area contributed by atoms with Gasteiger partial charge in [-0.05, 0) is 46.5 Å². The van der Waals surface area contributed by atoms with Crippen molar-refractivity contribution in [1.82, 2.24) is 9.97 Å². The summed E-state index contributed by atoms with van der Waals surface area (Å²) in [5, 5.41) is 2.68. The van der Waals surface area contributed by atoms with Crippen LogP contribution in [0.4, 0.5) is 0 Å². The molecule has 0 saturated carbocycles. The van der Waals surface area contributed by atoms with Gasteiger partial charge in [0.2, 0.25) is 0 Å². The zero-order valence-electron chi connectivity index (χ0n) is 16.1. The summed E-state index contributed by atoms with van der Waals surface area (Å²) in [7, 11) is 0. The number of benzene rings is 4. The number of aromatic nitrogens is 2. The van der Waals surface area contributed by atoms with Gasteiger partial charge >= 0.3 is 0 Å². The molecule has 142 valence electrons. The molecule has 0 aliphatic carbocycles. The van der Waals surface area contributed by atoms with Gasteiger partial charge in [0.25, 0.3) is 5.56 Å². The minimum atomic E-state index is -0.0647. The Bertz CT molecular complexity index is 1610. The van der Waals surface area contributed by atoms with Gasteiger partial charge in [-0.2, -0.15) is 0 Å². The summed E-state index contributed by atoms with van der Waals surface area (Å²) < 4.78 is 0. The number of nitrogens with one attached hydrogen (secondary N) is 2. The first kappa shape index (κ1) is 16.8. The monoisotopic (exact) mass is 386 g/mol. The lowest BCUT2D eigenvalue weighted by atomic mass is 9.98. The van der Waals surface area contributed by atoms with Crippen molar-refractivity contribution in [2.24, 2.45) is 0 Å². The molecule has 0 aliphatic heterocycles. The fourth-order valence-electron chi connectivity index (χ4n) is 4.31. The molecule has 0 spiro atoms. The van der Waals surface area contributed by atoms with E-state index in [0.717, 1.165) is 38.4 Å². The van der Waals surface area contributed by atoms with E-state index in [4.69, 9.17) is 0 Å². The topological polar surface area (TPSA) is 48.6 Å². The van der Waals surface area contributed by atoms with Crippen LogP contribution in [-0.4, -0.2) is 9.97 Å². The summed E-state index contributed by atoms with van der Waals surface area (Å²) in [6, 6.07) is 33.1. The number of hydrogen-bond acceptors (Lipinski definition) is 1. The molecule has 6 aromatic rings. The largest absolute Gasteiger partial charge is 0.354 e. The van der Waals surface area contributed by atoms with Gasteiger partial charge in [-0.25, -0.2) is 0 Å². The predicted octanol–water partition coefficient (Wildman–Crippen LogP) is 6.50. The lowest BCUT2D eigenvalue weighted by molar-refractivity contribution is 1.35. The van der Waals surface area contributed by atoms with Gasteiger partial charge in [0.1, 0.15) is 0 Å². The highest BCUT2D eigenvalue weighted by Crippen LogP contribution is 2.32. The molecule has 4 aromatic carbocycles. The SMILES string of the molecule is O=c1[nH]c2ccccc2c2[nH]c3ccc(-c4cccc(-c5ccccc5)c4)cc3c12. The summed E-state index contributed by atoms with van der Waals surface area (Å²) in [5.74, 6) is 0. The van der Waals surface area contributed by atoms with Crippen LogP contribution >= 0.6 is 0 Å². The first-order valence-electron chi connectivity index (χ1n) is 10.0. The van der Waals surface area contributed by atoms with Crippen LogP contribution in [0.3, 0.4) is 0 Å². The van der Waals surface area contributed by atoms with Gasteiger partial charge in [0.05, 0.1) is 16.4 Å². The standard InChI is InChI=1S/C27H18N2O/c30-27-25-22-16-20(19-10-6-9-18(15-19)17-7-2-1-3-8-17)13-14-24(22)28-26(25)21-11-4-5-12-23(21)29-27/h1-16,28H,(H,29,30). The Balaban J connectivity index is 1.58. The Hall–Kier alpha value is -4.11. The summed E-state index contributed by atoms with van der Waals surface area (Å²) >= 11 is 0. The summed E-state index contributed by atoms with van der Waals surface area (Å²) in [6.45, 7) is 0. The predicted molar refractivity (Wildman–Crippen MR) is 125 cm³/mol. The lowest BCUT2D eigenvalue weighted by Gasteiger charge is -2.06. The molecule has 0 saturated heterocycles. The number of rotatable bonds is 2. The molecule has 0 bridgehead atoms. The van der Waals surface area contributed by atoms with Gasteiger partial charge in [0.15, 0.2) is 0 Å². The van der Waals surface area contributed by atoms with Crippen LogP contribution in [0.25, 0.3) is 55.0 Å². The summed E-state index contributed by atoms with van der Waals surface area (Å²) in [4.78, 5) is 19.4. The van der Waals surface area contributed by atoms with Crippen LogP contribution in [-0.2, 0) is 0 Å². The minimum absolute atomic E-state index is 0.0647. The van der Waals surface area contributed by atoms with Crippen molar-refractivity contribution >= 4 is 32.7 Å². The Morgan fingerprint density at radius 2 is 1.17 bits per heavy atom. The van der Waals surface area contributed by atoms with Gasteiger partial charge < -0.3 is 9.97 Å². The normalized spacial score (nSPS) is 11.5. The molecular weight excluding hydrogens is 368 g/mol. The molecule has 0 radical (unpaired) electrons. The van der Waals surface area contributed by atoms with Crippen molar-refractivity contribution in [3.05, 3.63) is 107 Å². The number of para-hydroxylation sites is 1. The molecule has 0 fully saturated rings. The average Bonchev–Trinajstić information content (AvgIpc) is 3.19. The Morgan fingerprint density at radius 1 is 0.500 bits per heavy atom. The van der Waals surface area contributed by atoms with E-state index < -0.39 is 0 Å². The van der Waals surface area contributed by atoms with Crippen LogP contribution < -0.4 is 5.56 Å². The third-order valence-electron chi connectivity index (χ3n) is 5.77. The number of fused-ring (bicyclic) bond motifs is 5. The molecule has 3 nitrogen and oxygen atoms in total. The highest BCUT2D eigenvalue weighted by atomic mass is 16.1. The molecule has 0 unspecified atom stereocenters. The van der Waals surface area contributed by atoms with Crippen molar-refractivity contribution in [1.29, 1.82) is 0 Å². The fourth-order valence-corrected chi connectivity index (χ4v) is 4.31. The fraction of sp³-hybridized carbons (Fsp3) is 0. The van der Waals surface area contributed by atoms with Gasteiger partial charge in [-0.15, -0.1) is 0 Å². The smallest absolute Gasteiger partial charge is 0.258 e. The highest BCUT2D eigenvalue weighted by Gasteiger charge is 2.13. The zero-order chi connectivity index (χ0) is 20.1. The van der Waals surface area contributed by atoms with Crippen molar-refractivity contribution < 1.29 is 0 Å². The third kappa shape index (κ3) is 2.56. The molecule has 0 aliphatic rings. The van der Waals surface area contributed by atoms with E-state index in [-0.39, 0.29) is 5.56 Å². The Morgan fingerprint density at radius 3 is 2.03 bits per heavy atom. The Kier molecular flexibility index (Phi) is 3.62. The molecule has 0 amide bonds. The molecule has 2 heterocycles. The zero-order valence-corrected chi connectivity index (χ0v) is 16.1. The minimum Gasteiger partial charge on any atom is -0.354 e. The van der Waals surface area contributed by atoms with E-state index in [2.05, 4.69) is 76.7 Å². The van der Waals surface area contributed by atoms with Gasteiger partial charge in [-0.1, -0.05) is 72.8 Å². The number of H-pyrrole nitrogens is 2. The maximum Gasteiger partial charge on any atom is 0.258 e. The van der Waals surface area contributed by atoms with E-state index >= 15 is 0 Å². The van der Waals surface area contributed by atoms with Gasteiger partial charge in [-0.3, -0.25) is 4.79 Å².